The first-order chi connectivity index (χ1) is 5.83. The zero-order chi connectivity index (χ0) is 8.81. The highest BCUT2D eigenvalue weighted by Crippen LogP contribution is 2.09. The number of rotatable bonds is 3. The van der Waals surface area contributed by atoms with E-state index >= 15 is 0 Å². The monoisotopic (exact) mass is 259 g/mol. The van der Waals surface area contributed by atoms with Crippen molar-refractivity contribution in [2.75, 3.05) is 6.54 Å². The molecule has 0 atom stereocenters. The van der Waals surface area contributed by atoms with Crippen molar-refractivity contribution < 1.29 is 0 Å². The molecule has 0 aliphatic carbocycles. The largest absolute Gasteiger partial charge is 0.302 e. The molecule has 0 saturated heterocycles. The molecule has 1 rings (SSSR count). The van der Waals surface area contributed by atoms with Crippen molar-refractivity contribution in [1.82, 2.24) is 5.32 Å². The molecule has 0 aromatic heterocycles. The summed E-state index contributed by atoms with van der Waals surface area (Å²) in [6, 6.07) is 8.17. The molecule has 0 radical (unpaired) electrons. The van der Waals surface area contributed by atoms with Crippen LogP contribution in [0.5, 0.6) is 0 Å². The normalized spacial score (nSPS) is 8.62. The molecular weight excluding hydrogens is 249 g/mol. The highest BCUT2D eigenvalue weighted by Gasteiger charge is 1.90. The van der Waals surface area contributed by atoms with E-state index < -0.39 is 0 Å². The maximum Gasteiger partial charge on any atom is 0.0576 e. The molecule has 0 unspecified atom stereocenters. The van der Waals surface area contributed by atoms with E-state index in [1.54, 1.807) is 0 Å². The first-order valence-corrected chi connectivity index (χ1v) is 4.51. The molecule has 3 heteroatoms. The molecule has 1 aromatic rings. The van der Waals surface area contributed by atoms with Gasteiger partial charge in [0.05, 0.1) is 6.54 Å². The van der Waals surface area contributed by atoms with Gasteiger partial charge in [0.25, 0.3) is 0 Å². The summed E-state index contributed by atoms with van der Waals surface area (Å²) in [4.78, 5) is 0. The number of halogens is 2. The van der Waals surface area contributed by atoms with Crippen LogP contribution < -0.4 is 5.32 Å². The average Bonchev–Trinajstić information content (AvgIpc) is 2.09. The van der Waals surface area contributed by atoms with Crippen molar-refractivity contribution in [2.45, 2.75) is 6.54 Å². The summed E-state index contributed by atoms with van der Waals surface area (Å²) in [5.41, 5.74) is 1.24. The van der Waals surface area contributed by atoms with Gasteiger partial charge in [0.15, 0.2) is 0 Å². The quantitative estimate of drug-likeness (QED) is 0.651. The lowest BCUT2D eigenvalue weighted by Gasteiger charge is -2.00. The third-order valence-corrected chi connectivity index (χ3v) is 2.00. The second-order valence-corrected chi connectivity index (χ2v) is 3.35. The van der Waals surface area contributed by atoms with Gasteiger partial charge in [-0.25, -0.2) is 0 Å². The molecule has 1 nitrogen and oxygen atoms in total. The summed E-state index contributed by atoms with van der Waals surface area (Å²) < 4.78 is 1.10. The average molecular weight is 261 g/mol. The van der Waals surface area contributed by atoms with E-state index in [9.17, 15) is 0 Å². The summed E-state index contributed by atoms with van der Waals surface area (Å²) in [6.45, 7) is 1.45. The molecule has 0 bridgehead atoms. The summed E-state index contributed by atoms with van der Waals surface area (Å²) >= 11 is 3.37. The van der Waals surface area contributed by atoms with Gasteiger partial charge in [-0.2, -0.15) is 0 Å². The maximum atomic E-state index is 5.10. The third-order valence-electron chi connectivity index (χ3n) is 1.47. The Morgan fingerprint density at radius 1 is 1.31 bits per heavy atom. The number of hydrogen-bond donors (Lipinski definition) is 1. The molecule has 0 saturated carbocycles. The Hall–Kier alpha value is -0.490. The Balaban J connectivity index is 0.00000144. The second-order valence-electron chi connectivity index (χ2n) is 2.43. The first kappa shape index (κ1) is 12.5. The van der Waals surface area contributed by atoms with Crippen LogP contribution in [0.15, 0.2) is 28.7 Å². The molecule has 0 fully saturated rings. The van der Waals surface area contributed by atoms with E-state index in [-0.39, 0.29) is 12.4 Å². The van der Waals surface area contributed by atoms with Crippen LogP contribution in [0.25, 0.3) is 0 Å². The van der Waals surface area contributed by atoms with Crippen molar-refractivity contribution in [3.05, 3.63) is 34.3 Å². The standard InChI is InChI=1S/C10H10BrN.ClH/c1-2-7-12-8-9-3-5-10(11)6-4-9;/h1,3-6,12H,7-8H2;1H. The Bertz CT molecular complexity index is 276. The van der Waals surface area contributed by atoms with Gasteiger partial charge in [-0.1, -0.05) is 34.0 Å². The molecule has 0 amide bonds. The molecule has 1 N–H and O–H groups in total. The van der Waals surface area contributed by atoms with Crippen LogP contribution in [-0.2, 0) is 6.54 Å². The minimum absolute atomic E-state index is 0. The van der Waals surface area contributed by atoms with Crippen LogP contribution in [0, 0.1) is 12.3 Å². The lowest BCUT2D eigenvalue weighted by molar-refractivity contribution is 0.770. The van der Waals surface area contributed by atoms with Gasteiger partial charge < -0.3 is 5.32 Å². The van der Waals surface area contributed by atoms with Gasteiger partial charge in [-0.15, -0.1) is 18.8 Å². The minimum Gasteiger partial charge on any atom is -0.302 e. The van der Waals surface area contributed by atoms with Crippen molar-refractivity contribution in [1.29, 1.82) is 0 Å². The van der Waals surface area contributed by atoms with Gasteiger partial charge in [0.1, 0.15) is 0 Å². The molecule has 0 aliphatic heterocycles. The predicted octanol–water partition coefficient (Wildman–Crippen LogP) is 2.59. The number of terminal acetylenes is 1. The van der Waals surface area contributed by atoms with E-state index in [2.05, 4.69) is 39.3 Å². The molecule has 0 aliphatic rings. The Labute approximate surface area is 93.5 Å². The van der Waals surface area contributed by atoms with E-state index in [0.29, 0.717) is 6.54 Å². The van der Waals surface area contributed by atoms with Crippen LogP contribution in [0.2, 0.25) is 0 Å². The summed E-state index contributed by atoms with van der Waals surface area (Å²) in [5, 5.41) is 3.12. The van der Waals surface area contributed by atoms with Gasteiger partial charge >= 0.3 is 0 Å². The third kappa shape index (κ3) is 4.94. The summed E-state index contributed by atoms with van der Waals surface area (Å²) in [5.74, 6) is 2.53. The van der Waals surface area contributed by atoms with Crippen LogP contribution >= 0.6 is 28.3 Å². The van der Waals surface area contributed by atoms with E-state index in [1.807, 2.05) is 12.1 Å². The smallest absolute Gasteiger partial charge is 0.0576 e. The number of nitrogens with one attached hydrogen (secondary N) is 1. The highest BCUT2D eigenvalue weighted by molar-refractivity contribution is 9.10. The van der Waals surface area contributed by atoms with Crippen LogP contribution in [0.3, 0.4) is 0 Å². The Morgan fingerprint density at radius 2 is 1.92 bits per heavy atom. The van der Waals surface area contributed by atoms with E-state index in [4.69, 9.17) is 6.42 Å². The molecule has 13 heavy (non-hydrogen) atoms. The number of hydrogen-bond acceptors (Lipinski definition) is 1. The first-order valence-electron chi connectivity index (χ1n) is 3.71. The predicted molar refractivity (Wildman–Crippen MR) is 61.9 cm³/mol. The van der Waals surface area contributed by atoms with Crippen molar-refractivity contribution in [3.8, 4) is 12.3 Å². The highest BCUT2D eigenvalue weighted by atomic mass is 79.9. The molecule has 1 aromatic carbocycles. The molecule has 0 spiro atoms. The lowest BCUT2D eigenvalue weighted by Crippen LogP contribution is -2.12. The lowest BCUT2D eigenvalue weighted by atomic mass is 10.2. The fourth-order valence-corrected chi connectivity index (χ4v) is 1.15. The van der Waals surface area contributed by atoms with Crippen molar-refractivity contribution >= 4 is 28.3 Å². The van der Waals surface area contributed by atoms with Gasteiger partial charge in [-0.3, -0.25) is 0 Å². The number of benzene rings is 1. The van der Waals surface area contributed by atoms with Crippen molar-refractivity contribution in [3.63, 3.8) is 0 Å². The molecule has 70 valence electrons. The van der Waals surface area contributed by atoms with Crippen LogP contribution in [-0.4, -0.2) is 6.54 Å². The summed E-state index contributed by atoms with van der Waals surface area (Å²) in [6.07, 6.45) is 5.10. The fraction of sp³-hybridized carbons (Fsp3) is 0.200. The zero-order valence-electron chi connectivity index (χ0n) is 7.09. The van der Waals surface area contributed by atoms with Crippen molar-refractivity contribution in [2.24, 2.45) is 0 Å². The molecular formula is C10H11BrClN. The Morgan fingerprint density at radius 3 is 2.46 bits per heavy atom. The topological polar surface area (TPSA) is 12.0 Å². The zero-order valence-corrected chi connectivity index (χ0v) is 9.49. The van der Waals surface area contributed by atoms with Gasteiger partial charge in [0, 0.05) is 11.0 Å². The molecule has 0 heterocycles. The van der Waals surface area contributed by atoms with Gasteiger partial charge in [0.2, 0.25) is 0 Å². The maximum absolute atomic E-state index is 5.10. The Kier molecular flexibility index (Phi) is 6.70. The van der Waals surface area contributed by atoms with E-state index in [1.165, 1.54) is 5.56 Å². The van der Waals surface area contributed by atoms with Crippen LogP contribution in [0.1, 0.15) is 5.56 Å². The van der Waals surface area contributed by atoms with Crippen LogP contribution in [0.4, 0.5) is 0 Å². The second kappa shape index (κ2) is 6.97. The van der Waals surface area contributed by atoms with E-state index in [0.717, 1.165) is 11.0 Å². The summed E-state index contributed by atoms with van der Waals surface area (Å²) in [7, 11) is 0. The van der Waals surface area contributed by atoms with Gasteiger partial charge in [-0.05, 0) is 17.7 Å². The fourth-order valence-electron chi connectivity index (χ4n) is 0.881. The SMILES string of the molecule is C#CCNCc1ccc(Br)cc1.Cl. The minimum atomic E-state index is 0.